The number of halogens is 9. The summed E-state index contributed by atoms with van der Waals surface area (Å²) in [6, 6.07) is 16.4. The third-order valence-electron chi connectivity index (χ3n) is 9.33. The molecule has 324 valence electrons. The Labute approximate surface area is 332 Å². The Morgan fingerprint density at radius 2 is 0.898 bits per heavy atom. The summed E-state index contributed by atoms with van der Waals surface area (Å²) in [4.78, 5) is 40.5. The Morgan fingerprint density at radius 1 is 0.576 bits per heavy atom. The molecule has 0 spiro atoms. The normalized spacial score (nSPS) is 17.1. The van der Waals surface area contributed by atoms with E-state index in [-0.39, 0.29) is 0 Å². The van der Waals surface area contributed by atoms with E-state index in [1.54, 1.807) is 0 Å². The van der Waals surface area contributed by atoms with Crippen LogP contribution in [0.5, 0.6) is 0 Å². The molecule has 0 unspecified atom stereocenters. The number of esters is 3. The standard InChI is InChI=1S/C40H41F9O10/c1-25(22-23-30(34(2,3)53)59-33(52)37(56-6,40(47,48)49)28-20-14-9-15-21-28)29(58-32(51)36(55-5,39(44,45)46)27-18-12-8-13-19-27)24-57-31(50)35(54-4,38(41,42)43)26-16-10-7-11-17-26/h7-22,29-30,53H,23-24H2,1-6H3/b25-22+/t29-,30-,35-,36-,37-/m1/s1. The van der Waals surface area contributed by atoms with E-state index in [9.17, 15) is 59.0 Å². The van der Waals surface area contributed by atoms with Gasteiger partial charge in [0.2, 0.25) is 0 Å². The highest BCUT2D eigenvalue weighted by Gasteiger charge is 2.66. The predicted molar refractivity (Wildman–Crippen MR) is 189 cm³/mol. The number of methoxy groups -OCH3 is 3. The molecule has 0 radical (unpaired) electrons. The fourth-order valence-corrected chi connectivity index (χ4v) is 6.00. The summed E-state index contributed by atoms with van der Waals surface area (Å²) in [5.41, 5.74) is -16.2. The molecule has 0 aliphatic heterocycles. The van der Waals surface area contributed by atoms with Gasteiger partial charge in [0.1, 0.15) is 12.7 Å². The molecular weight excluding hydrogens is 811 g/mol. The van der Waals surface area contributed by atoms with Gasteiger partial charge in [0.15, 0.2) is 6.10 Å². The summed E-state index contributed by atoms with van der Waals surface area (Å²) in [6.07, 6.45) is -20.4. The first-order valence-electron chi connectivity index (χ1n) is 17.3. The van der Waals surface area contributed by atoms with Gasteiger partial charge in [-0.2, -0.15) is 39.5 Å². The highest BCUT2D eigenvalue weighted by atomic mass is 19.4. The van der Waals surface area contributed by atoms with E-state index in [0.717, 1.165) is 87.5 Å². The third kappa shape index (κ3) is 9.74. The van der Waals surface area contributed by atoms with Crippen molar-refractivity contribution in [2.75, 3.05) is 27.9 Å². The van der Waals surface area contributed by atoms with Crippen LogP contribution in [0.2, 0.25) is 0 Å². The van der Waals surface area contributed by atoms with Gasteiger partial charge in [-0.1, -0.05) is 97.1 Å². The van der Waals surface area contributed by atoms with E-state index in [0.29, 0.717) is 21.3 Å². The second-order valence-corrected chi connectivity index (χ2v) is 13.5. The summed E-state index contributed by atoms with van der Waals surface area (Å²) in [7, 11) is 1.68. The SMILES string of the molecule is CO[C@@](C(=O)OC[C@@H](OC(=O)[C@](OC)(c1ccccc1)C(F)(F)F)/C(C)=C/C[C@@H](OC(=O)[C@](OC)(c1ccccc1)C(F)(F)F)C(C)(C)O)(c1ccccc1)C(F)(F)F. The molecule has 0 amide bonds. The van der Waals surface area contributed by atoms with E-state index >= 15 is 0 Å². The van der Waals surface area contributed by atoms with E-state index < -0.39 is 106 Å². The van der Waals surface area contributed by atoms with E-state index in [2.05, 4.69) is 4.74 Å². The van der Waals surface area contributed by atoms with Gasteiger partial charge in [0.05, 0.1) is 5.60 Å². The lowest BCUT2D eigenvalue weighted by Gasteiger charge is -2.36. The van der Waals surface area contributed by atoms with Gasteiger partial charge < -0.3 is 33.5 Å². The first kappa shape index (κ1) is 48.4. The number of carbonyl (C=O) groups excluding carboxylic acids is 3. The second kappa shape index (κ2) is 18.5. The maximum Gasteiger partial charge on any atom is 0.432 e. The van der Waals surface area contributed by atoms with Crippen molar-refractivity contribution in [2.45, 2.75) is 80.3 Å². The monoisotopic (exact) mass is 852 g/mol. The van der Waals surface area contributed by atoms with Gasteiger partial charge in [-0.25, -0.2) is 14.4 Å². The van der Waals surface area contributed by atoms with Crippen LogP contribution in [0.25, 0.3) is 0 Å². The molecule has 3 rings (SSSR count). The Hall–Kier alpha value is -4.98. The van der Waals surface area contributed by atoms with Crippen LogP contribution in [-0.4, -0.2) is 87.3 Å². The molecular formula is C40H41F9O10. The van der Waals surface area contributed by atoms with Crippen LogP contribution < -0.4 is 0 Å². The lowest BCUT2D eigenvalue weighted by molar-refractivity contribution is -0.281. The molecule has 0 aromatic heterocycles. The summed E-state index contributed by atoms with van der Waals surface area (Å²) in [5, 5.41) is 10.9. The van der Waals surface area contributed by atoms with Crippen LogP contribution in [-0.2, 0) is 59.6 Å². The Bertz CT molecular complexity index is 1900. The highest BCUT2D eigenvalue weighted by molar-refractivity contribution is 5.84. The number of hydrogen-bond donors (Lipinski definition) is 1. The Morgan fingerprint density at radius 3 is 1.20 bits per heavy atom. The van der Waals surface area contributed by atoms with Gasteiger partial charge in [-0.05, 0) is 26.3 Å². The van der Waals surface area contributed by atoms with Crippen molar-refractivity contribution in [3.8, 4) is 0 Å². The number of alkyl halides is 9. The quantitative estimate of drug-likeness (QED) is 0.0623. The number of rotatable bonds is 17. The van der Waals surface area contributed by atoms with Gasteiger partial charge in [-0.15, -0.1) is 0 Å². The number of carbonyl (C=O) groups is 3. The molecule has 19 heteroatoms. The molecule has 1 N–H and O–H groups in total. The van der Waals surface area contributed by atoms with Crippen LogP contribution in [0.1, 0.15) is 43.9 Å². The molecule has 3 aromatic carbocycles. The van der Waals surface area contributed by atoms with Crippen molar-refractivity contribution in [1.82, 2.24) is 0 Å². The van der Waals surface area contributed by atoms with Crippen molar-refractivity contribution in [3.05, 3.63) is 119 Å². The van der Waals surface area contributed by atoms with E-state index in [1.807, 2.05) is 0 Å². The summed E-state index contributed by atoms with van der Waals surface area (Å²) < 4.78 is 162. The minimum absolute atomic E-state index is 0.400. The average molecular weight is 853 g/mol. The number of ether oxygens (including phenoxy) is 6. The summed E-state index contributed by atoms with van der Waals surface area (Å²) >= 11 is 0. The minimum Gasteiger partial charge on any atom is -0.459 e. The van der Waals surface area contributed by atoms with Crippen LogP contribution >= 0.6 is 0 Å². The van der Waals surface area contributed by atoms with Crippen molar-refractivity contribution in [2.24, 2.45) is 0 Å². The Balaban J connectivity index is 2.13. The molecule has 0 saturated carbocycles. The molecule has 5 atom stereocenters. The van der Waals surface area contributed by atoms with Gasteiger partial charge in [0, 0.05) is 44.4 Å². The molecule has 0 bridgehead atoms. The van der Waals surface area contributed by atoms with Crippen LogP contribution in [0.3, 0.4) is 0 Å². The first-order valence-corrected chi connectivity index (χ1v) is 17.3. The largest absolute Gasteiger partial charge is 0.459 e. The number of hydrogen-bond acceptors (Lipinski definition) is 10. The number of benzene rings is 3. The first-order chi connectivity index (χ1) is 27.3. The molecule has 0 aliphatic carbocycles. The second-order valence-electron chi connectivity index (χ2n) is 13.5. The Kier molecular flexibility index (Phi) is 15.2. The average Bonchev–Trinajstić information content (AvgIpc) is 3.15. The molecule has 59 heavy (non-hydrogen) atoms. The molecule has 10 nitrogen and oxygen atoms in total. The zero-order valence-electron chi connectivity index (χ0n) is 32.3. The minimum atomic E-state index is -5.54. The smallest absolute Gasteiger partial charge is 0.432 e. The van der Waals surface area contributed by atoms with Crippen molar-refractivity contribution in [3.63, 3.8) is 0 Å². The van der Waals surface area contributed by atoms with Gasteiger partial charge in [-0.3, -0.25) is 0 Å². The van der Waals surface area contributed by atoms with E-state index in [1.165, 1.54) is 30.3 Å². The third-order valence-corrected chi connectivity index (χ3v) is 9.33. The van der Waals surface area contributed by atoms with Crippen molar-refractivity contribution < 1.29 is 87.4 Å². The number of aliphatic hydroxyl groups is 1. The topological polar surface area (TPSA) is 127 Å². The van der Waals surface area contributed by atoms with Gasteiger partial charge in [0.25, 0.3) is 16.8 Å². The highest BCUT2D eigenvalue weighted by Crippen LogP contribution is 2.46. The molecule has 0 fully saturated rings. The van der Waals surface area contributed by atoms with Crippen LogP contribution in [0.15, 0.2) is 103 Å². The maximum absolute atomic E-state index is 14.8. The van der Waals surface area contributed by atoms with Crippen LogP contribution in [0, 0.1) is 0 Å². The zero-order valence-corrected chi connectivity index (χ0v) is 32.3. The molecule has 3 aromatic rings. The van der Waals surface area contributed by atoms with Crippen molar-refractivity contribution in [1.29, 1.82) is 0 Å². The lowest BCUT2D eigenvalue weighted by atomic mass is 9.91. The lowest BCUT2D eigenvalue weighted by Crippen LogP contribution is -2.54. The maximum atomic E-state index is 14.8. The van der Waals surface area contributed by atoms with Crippen molar-refractivity contribution >= 4 is 17.9 Å². The fourth-order valence-electron chi connectivity index (χ4n) is 6.00. The molecule has 0 aliphatic rings. The summed E-state index contributed by atoms with van der Waals surface area (Å²) in [5.74, 6) is -6.33. The zero-order chi connectivity index (χ0) is 44.7. The van der Waals surface area contributed by atoms with Gasteiger partial charge >= 0.3 is 36.4 Å². The predicted octanol–water partition coefficient (Wildman–Crippen LogP) is 7.77. The molecule has 0 saturated heterocycles. The van der Waals surface area contributed by atoms with E-state index in [4.69, 9.17) is 23.7 Å². The molecule has 0 heterocycles. The van der Waals surface area contributed by atoms with Crippen LogP contribution in [0.4, 0.5) is 39.5 Å². The summed E-state index contributed by atoms with van der Waals surface area (Å²) in [6.45, 7) is 1.72. The fraction of sp³-hybridized carbons (Fsp3) is 0.425.